The third kappa shape index (κ3) is 39.6. The molecule has 456 valence electrons. The number of nitrogens with zero attached hydrogens (tertiary/aromatic N) is 4. The van der Waals surface area contributed by atoms with E-state index in [1.807, 2.05) is 182 Å². The van der Waals surface area contributed by atoms with Gasteiger partial charge in [0.05, 0.1) is 27.6 Å². The highest BCUT2D eigenvalue weighted by Crippen LogP contribution is 2.26. The first-order valence-electron chi connectivity index (χ1n) is 29.2. The van der Waals surface area contributed by atoms with Gasteiger partial charge >= 0.3 is 0 Å². The molecule has 7 nitrogen and oxygen atoms in total. The first-order chi connectivity index (χ1) is 40.5. The Morgan fingerprint density at radius 3 is 0.655 bits per heavy atom. The third-order valence-corrected chi connectivity index (χ3v) is 9.63. The molecule has 1 aliphatic carbocycles. The van der Waals surface area contributed by atoms with Crippen LogP contribution in [-0.2, 0) is 0 Å². The van der Waals surface area contributed by atoms with Crippen molar-refractivity contribution in [1.82, 2.24) is 15.0 Å². The van der Waals surface area contributed by atoms with Gasteiger partial charge in [0.1, 0.15) is 16.6 Å². The zero-order valence-corrected chi connectivity index (χ0v) is 53.9. The van der Waals surface area contributed by atoms with E-state index in [1.54, 1.807) is 6.07 Å². The number of hydrogen-bond acceptors (Lipinski definition) is 7. The van der Waals surface area contributed by atoms with Crippen LogP contribution >= 0.6 is 0 Å². The van der Waals surface area contributed by atoms with E-state index in [9.17, 15) is 13.2 Å². The van der Waals surface area contributed by atoms with Gasteiger partial charge in [-0.3, -0.25) is 13.2 Å². The monoisotopic (exact) mass is 1150 g/mol. The van der Waals surface area contributed by atoms with Crippen LogP contribution in [0.15, 0.2) is 207 Å². The second-order valence-corrected chi connectivity index (χ2v) is 21.3. The SMILES string of the molecule is C1CCCCCC1.CC#N.CC(C)C.CC(C)C.CC(C)C.CC(C)C.CF.CF.CF.Cc1ccccc1.c1ccc(-c2nc3ccccc3o2)cc1.c1ccc(-c2nc3ccccc3o2)cc1.c1ccc(-c2nc3ccccc3o2)cc1. The predicted octanol–water partition coefficient (Wildman–Crippen LogP) is 24.1. The summed E-state index contributed by atoms with van der Waals surface area (Å²) in [5, 5.41) is 7.32. The van der Waals surface area contributed by atoms with E-state index in [0.717, 1.165) is 73.7 Å². The molecular formula is C74H101F3N4O3. The fourth-order valence-electron chi connectivity index (χ4n) is 6.50. The molecule has 11 rings (SSSR count). The number of alkyl halides is 3. The van der Waals surface area contributed by atoms with Crippen molar-refractivity contribution in [3.05, 3.63) is 200 Å². The van der Waals surface area contributed by atoms with Crippen LogP contribution in [0.2, 0.25) is 0 Å². The number of halogens is 3. The number of fused-ring (bicyclic) bond motifs is 3. The summed E-state index contributed by atoms with van der Waals surface area (Å²) in [6.07, 6.45) is 10.5. The minimum absolute atomic E-state index is 0.500. The Morgan fingerprint density at radius 2 is 0.488 bits per heavy atom. The van der Waals surface area contributed by atoms with Crippen LogP contribution in [0, 0.1) is 41.9 Å². The lowest BCUT2D eigenvalue weighted by Crippen LogP contribution is -1.74. The van der Waals surface area contributed by atoms with Gasteiger partial charge in [0, 0.05) is 23.6 Å². The van der Waals surface area contributed by atoms with Gasteiger partial charge in [0.25, 0.3) is 0 Å². The molecule has 0 unspecified atom stereocenters. The molecule has 0 aliphatic heterocycles. The molecule has 0 atom stereocenters. The first-order valence-corrected chi connectivity index (χ1v) is 29.2. The molecular weight excluding hydrogens is 1050 g/mol. The predicted molar refractivity (Wildman–Crippen MR) is 356 cm³/mol. The highest BCUT2D eigenvalue weighted by Gasteiger charge is 2.08. The normalized spacial score (nSPS) is 10.5. The largest absolute Gasteiger partial charge is 0.436 e. The molecule has 0 saturated heterocycles. The van der Waals surface area contributed by atoms with Crippen molar-refractivity contribution in [3.8, 4) is 40.4 Å². The van der Waals surface area contributed by atoms with Gasteiger partial charge in [-0.05, 0) is 103 Å². The Labute approximate surface area is 504 Å². The lowest BCUT2D eigenvalue weighted by Gasteiger charge is -1.91. The standard InChI is InChI=1S/3C13H9NO.C7H8.C7H14.4C4H10.C2H3N.3CH3F/c3*1-2-6-10(7-3-1)13-14-11-8-4-5-9-12(11)15-13;1-7-5-3-2-4-6-7;1-2-4-6-7-5-3-1;4*1-4(2)3;1-2-3;3*1-2/h3*1-9H;2-6H,1H3;1-7H2;4*4H,1-3H3;1H3;3*1H3. The average Bonchev–Trinajstić information content (AvgIpc) is 4.24. The number of hydrogen-bond donors (Lipinski definition) is 0. The number of aromatic nitrogens is 3. The van der Waals surface area contributed by atoms with Crippen LogP contribution in [0.3, 0.4) is 0 Å². The number of oxazole rings is 3. The van der Waals surface area contributed by atoms with Gasteiger partial charge in [-0.25, -0.2) is 15.0 Å². The van der Waals surface area contributed by atoms with E-state index >= 15 is 0 Å². The van der Waals surface area contributed by atoms with E-state index < -0.39 is 0 Å². The summed E-state index contributed by atoms with van der Waals surface area (Å²) in [4.78, 5) is 13.2. The first kappa shape index (κ1) is 78.3. The molecule has 0 radical (unpaired) electrons. The van der Waals surface area contributed by atoms with E-state index in [2.05, 4.69) is 117 Å². The zero-order valence-electron chi connectivity index (χ0n) is 53.9. The molecule has 10 heteroatoms. The average molecular weight is 1150 g/mol. The van der Waals surface area contributed by atoms with Crippen molar-refractivity contribution in [2.45, 2.75) is 142 Å². The Bertz CT molecular complexity index is 2630. The number of aryl methyl sites for hydroxylation is 1. The van der Waals surface area contributed by atoms with Crippen LogP contribution in [0.4, 0.5) is 13.2 Å². The molecule has 10 aromatic rings. The minimum atomic E-state index is 0.500. The quantitative estimate of drug-likeness (QED) is 0.162. The Morgan fingerprint density at radius 1 is 0.321 bits per heavy atom. The maximum absolute atomic E-state index is 9.50. The second-order valence-electron chi connectivity index (χ2n) is 21.3. The zero-order chi connectivity index (χ0) is 63.3. The fourth-order valence-corrected chi connectivity index (χ4v) is 6.50. The van der Waals surface area contributed by atoms with Crippen molar-refractivity contribution in [1.29, 1.82) is 5.26 Å². The Hall–Kier alpha value is -7.77. The molecule has 3 aromatic heterocycles. The fraction of sp³-hybridized carbons (Fsp3) is 0.378. The third-order valence-electron chi connectivity index (χ3n) is 9.63. The van der Waals surface area contributed by atoms with E-state index in [-0.39, 0.29) is 0 Å². The topological polar surface area (TPSA) is 102 Å². The summed E-state index contributed by atoms with van der Waals surface area (Å²) in [6, 6.07) is 65.1. The van der Waals surface area contributed by atoms with Crippen molar-refractivity contribution in [3.63, 3.8) is 0 Å². The van der Waals surface area contributed by atoms with E-state index in [0.29, 0.717) is 39.2 Å². The molecule has 84 heavy (non-hydrogen) atoms. The number of benzene rings is 7. The molecule has 1 saturated carbocycles. The molecule has 0 N–H and O–H groups in total. The minimum Gasteiger partial charge on any atom is -0.436 e. The lowest BCUT2D eigenvalue weighted by molar-refractivity contribution is 0.619. The summed E-state index contributed by atoms with van der Waals surface area (Å²) in [5.74, 6) is 5.37. The summed E-state index contributed by atoms with van der Waals surface area (Å²) in [6.45, 7) is 29.5. The van der Waals surface area contributed by atoms with Gasteiger partial charge in [-0.2, -0.15) is 5.26 Å². The molecule has 0 spiro atoms. The molecule has 0 amide bonds. The summed E-state index contributed by atoms with van der Waals surface area (Å²) in [7, 11) is 1.50. The van der Waals surface area contributed by atoms with Gasteiger partial charge < -0.3 is 13.3 Å². The summed E-state index contributed by atoms with van der Waals surface area (Å²) >= 11 is 0. The van der Waals surface area contributed by atoms with Crippen LogP contribution in [0.25, 0.3) is 67.7 Å². The van der Waals surface area contributed by atoms with Crippen LogP contribution < -0.4 is 0 Å². The van der Waals surface area contributed by atoms with Crippen molar-refractivity contribution >= 4 is 33.3 Å². The summed E-state index contributed by atoms with van der Waals surface area (Å²) < 4.78 is 45.4. The van der Waals surface area contributed by atoms with Crippen LogP contribution in [0.1, 0.15) is 141 Å². The number of nitriles is 1. The van der Waals surface area contributed by atoms with Crippen LogP contribution in [-0.4, -0.2) is 36.5 Å². The number of rotatable bonds is 3. The lowest BCUT2D eigenvalue weighted by atomic mass is 10.2. The molecule has 3 heterocycles. The second kappa shape index (κ2) is 52.1. The molecule has 0 bridgehead atoms. The van der Waals surface area contributed by atoms with Gasteiger partial charge in [0.2, 0.25) is 17.7 Å². The molecule has 1 fully saturated rings. The molecule has 7 aromatic carbocycles. The molecule has 1 aliphatic rings. The van der Waals surface area contributed by atoms with E-state index in [1.165, 1.54) is 57.4 Å². The highest BCUT2D eigenvalue weighted by atomic mass is 19.1. The van der Waals surface area contributed by atoms with Crippen LogP contribution in [0.5, 0.6) is 0 Å². The van der Waals surface area contributed by atoms with Crippen molar-refractivity contribution in [2.75, 3.05) is 21.5 Å². The Kier molecular flexibility index (Phi) is 48.5. The maximum atomic E-state index is 9.50. The van der Waals surface area contributed by atoms with Crippen molar-refractivity contribution < 1.29 is 26.4 Å². The summed E-state index contributed by atoms with van der Waals surface area (Å²) in [5.41, 5.74) is 9.53. The van der Waals surface area contributed by atoms with Gasteiger partial charge in [0.15, 0.2) is 16.7 Å². The van der Waals surface area contributed by atoms with Gasteiger partial charge in [-0.1, -0.05) is 255 Å². The maximum Gasteiger partial charge on any atom is 0.227 e. The Balaban J connectivity index is 0. The van der Waals surface area contributed by atoms with Crippen molar-refractivity contribution in [2.24, 2.45) is 23.7 Å². The highest BCUT2D eigenvalue weighted by molar-refractivity contribution is 5.77. The number of para-hydroxylation sites is 6. The van der Waals surface area contributed by atoms with E-state index in [4.69, 9.17) is 18.5 Å². The van der Waals surface area contributed by atoms with Gasteiger partial charge in [-0.15, -0.1) is 0 Å². The smallest absolute Gasteiger partial charge is 0.227 e.